The molecule has 0 radical (unpaired) electrons. The number of nitrogens with zero attached hydrogens (tertiary/aromatic N) is 2. The summed E-state index contributed by atoms with van der Waals surface area (Å²) in [4.78, 5) is 15.1. The van der Waals surface area contributed by atoms with Crippen LogP contribution in [0.25, 0.3) is 0 Å². The lowest BCUT2D eigenvalue weighted by molar-refractivity contribution is -0.130. The number of methoxy groups -OCH3 is 1. The van der Waals surface area contributed by atoms with Crippen LogP contribution in [0.4, 0.5) is 0 Å². The number of carbonyl (C=O) groups is 1. The van der Waals surface area contributed by atoms with Crippen LogP contribution in [-0.4, -0.2) is 29.5 Å². The SMILES string of the molecule is COc1ccc(SCC(=O)N2N=C(c3ccco3)CC2c2cccs2)cc1. The second-order valence-electron chi connectivity index (χ2n) is 5.96. The highest BCUT2D eigenvalue weighted by Gasteiger charge is 2.34. The van der Waals surface area contributed by atoms with Crippen molar-refractivity contribution in [2.75, 3.05) is 12.9 Å². The fourth-order valence-electron chi connectivity index (χ4n) is 2.92. The topological polar surface area (TPSA) is 55.0 Å². The molecule has 7 heteroatoms. The second kappa shape index (κ2) is 8.02. The molecule has 138 valence electrons. The Morgan fingerprint density at radius 1 is 1.30 bits per heavy atom. The van der Waals surface area contributed by atoms with Crippen molar-refractivity contribution < 1.29 is 13.9 Å². The number of furan rings is 1. The van der Waals surface area contributed by atoms with Crippen LogP contribution in [0.5, 0.6) is 5.75 Å². The van der Waals surface area contributed by atoms with Gasteiger partial charge in [-0.3, -0.25) is 4.79 Å². The van der Waals surface area contributed by atoms with Gasteiger partial charge in [0.15, 0.2) is 0 Å². The molecule has 0 N–H and O–H groups in total. The average molecular weight is 399 g/mol. The summed E-state index contributed by atoms with van der Waals surface area (Å²) in [7, 11) is 1.64. The molecule has 2 aromatic heterocycles. The minimum Gasteiger partial charge on any atom is -0.497 e. The van der Waals surface area contributed by atoms with Crippen molar-refractivity contribution in [1.82, 2.24) is 5.01 Å². The third-order valence-electron chi connectivity index (χ3n) is 4.26. The third-order valence-corrected chi connectivity index (χ3v) is 6.24. The van der Waals surface area contributed by atoms with E-state index in [9.17, 15) is 4.79 Å². The lowest BCUT2D eigenvalue weighted by Gasteiger charge is -2.20. The maximum absolute atomic E-state index is 12.9. The third kappa shape index (κ3) is 3.94. The van der Waals surface area contributed by atoms with Gasteiger partial charge in [0.05, 0.1) is 25.2 Å². The molecule has 1 atom stereocenters. The summed E-state index contributed by atoms with van der Waals surface area (Å²) in [5.41, 5.74) is 0.807. The lowest BCUT2D eigenvalue weighted by atomic mass is 10.1. The minimum absolute atomic E-state index is 0.0178. The van der Waals surface area contributed by atoms with Gasteiger partial charge in [0, 0.05) is 16.2 Å². The number of ether oxygens (including phenoxy) is 1. The Labute approximate surface area is 165 Å². The Morgan fingerprint density at radius 2 is 2.15 bits per heavy atom. The first-order valence-electron chi connectivity index (χ1n) is 8.48. The van der Waals surface area contributed by atoms with E-state index in [4.69, 9.17) is 9.15 Å². The molecule has 4 rings (SSSR count). The average Bonchev–Trinajstić information content (AvgIpc) is 3.46. The van der Waals surface area contributed by atoms with E-state index in [1.54, 1.807) is 29.7 Å². The molecule has 3 aromatic rings. The number of hydrogen-bond acceptors (Lipinski definition) is 6. The number of carbonyl (C=O) groups excluding carboxylic acids is 1. The van der Waals surface area contributed by atoms with Crippen molar-refractivity contribution >= 4 is 34.7 Å². The summed E-state index contributed by atoms with van der Waals surface area (Å²) in [5, 5.41) is 8.22. The van der Waals surface area contributed by atoms with Gasteiger partial charge in [-0.1, -0.05) is 6.07 Å². The van der Waals surface area contributed by atoms with Gasteiger partial charge in [0.2, 0.25) is 0 Å². The Balaban J connectivity index is 1.49. The van der Waals surface area contributed by atoms with Crippen LogP contribution < -0.4 is 4.74 Å². The number of benzene rings is 1. The number of hydrazone groups is 1. The Kier molecular flexibility index (Phi) is 5.31. The number of amides is 1. The molecule has 0 bridgehead atoms. The van der Waals surface area contributed by atoms with Crippen LogP contribution in [0.3, 0.4) is 0 Å². The molecule has 27 heavy (non-hydrogen) atoms. The lowest BCUT2D eigenvalue weighted by Crippen LogP contribution is -2.28. The molecular formula is C20H18N2O3S2. The van der Waals surface area contributed by atoms with Crippen molar-refractivity contribution in [2.24, 2.45) is 5.10 Å². The molecule has 1 aliphatic rings. The molecule has 0 saturated heterocycles. The number of hydrogen-bond donors (Lipinski definition) is 0. The zero-order chi connectivity index (χ0) is 18.6. The van der Waals surface area contributed by atoms with Gasteiger partial charge in [-0.05, 0) is 47.8 Å². The van der Waals surface area contributed by atoms with Gasteiger partial charge in [0.1, 0.15) is 17.2 Å². The van der Waals surface area contributed by atoms with Crippen molar-refractivity contribution in [1.29, 1.82) is 0 Å². The molecular weight excluding hydrogens is 380 g/mol. The first kappa shape index (κ1) is 17.9. The second-order valence-corrected chi connectivity index (χ2v) is 7.99. The zero-order valence-corrected chi connectivity index (χ0v) is 16.3. The fourth-order valence-corrected chi connectivity index (χ4v) is 4.48. The van der Waals surface area contributed by atoms with Crippen LogP contribution in [0.1, 0.15) is 23.1 Å². The van der Waals surface area contributed by atoms with Crippen LogP contribution in [-0.2, 0) is 4.79 Å². The van der Waals surface area contributed by atoms with E-state index in [2.05, 4.69) is 5.10 Å². The summed E-state index contributed by atoms with van der Waals surface area (Å²) < 4.78 is 10.6. The molecule has 0 saturated carbocycles. The van der Waals surface area contributed by atoms with Crippen LogP contribution >= 0.6 is 23.1 Å². The largest absolute Gasteiger partial charge is 0.497 e. The smallest absolute Gasteiger partial charge is 0.253 e. The van der Waals surface area contributed by atoms with Gasteiger partial charge in [-0.15, -0.1) is 23.1 Å². The van der Waals surface area contributed by atoms with E-state index in [0.29, 0.717) is 12.2 Å². The van der Waals surface area contributed by atoms with E-state index in [0.717, 1.165) is 27.0 Å². The van der Waals surface area contributed by atoms with E-state index >= 15 is 0 Å². The van der Waals surface area contributed by atoms with Gasteiger partial charge >= 0.3 is 0 Å². The Hall–Kier alpha value is -2.51. The first-order valence-corrected chi connectivity index (χ1v) is 10.3. The number of thiophene rings is 1. The van der Waals surface area contributed by atoms with Gasteiger partial charge in [-0.2, -0.15) is 5.10 Å². The van der Waals surface area contributed by atoms with Crippen LogP contribution in [0.15, 0.2) is 74.6 Å². The van der Waals surface area contributed by atoms with E-state index in [-0.39, 0.29) is 11.9 Å². The molecule has 1 unspecified atom stereocenters. The van der Waals surface area contributed by atoms with Crippen molar-refractivity contribution in [3.8, 4) is 5.75 Å². The van der Waals surface area contributed by atoms with Gasteiger partial charge in [-0.25, -0.2) is 5.01 Å². The standard InChI is InChI=1S/C20H18N2O3S2/c1-24-14-6-8-15(9-7-14)27-13-20(23)22-17(19-5-3-11-26-19)12-16(21-22)18-4-2-10-25-18/h2-11,17H,12-13H2,1H3. The van der Waals surface area contributed by atoms with Crippen LogP contribution in [0.2, 0.25) is 0 Å². The van der Waals surface area contributed by atoms with Crippen molar-refractivity contribution in [2.45, 2.75) is 17.4 Å². The van der Waals surface area contributed by atoms with Crippen molar-refractivity contribution in [3.63, 3.8) is 0 Å². The maximum Gasteiger partial charge on any atom is 0.253 e. The van der Waals surface area contributed by atoms with E-state index in [1.165, 1.54) is 11.8 Å². The number of thioether (sulfide) groups is 1. The van der Waals surface area contributed by atoms with Gasteiger partial charge in [0.25, 0.3) is 5.91 Å². The van der Waals surface area contributed by atoms with Crippen LogP contribution in [0, 0.1) is 0 Å². The summed E-state index contributed by atoms with van der Waals surface area (Å²) in [5.74, 6) is 1.82. The summed E-state index contributed by atoms with van der Waals surface area (Å²) in [6.45, 7) is 0. The molecule has 1 aliphatic heterocycles. The maximum atomic E-state index is 12.9. The molecule has 3 heterocycles. The van der Waals surface area contributed by atoms with Gasteiger partial charge < -0.3 is 9.15 Å². The monoisotopic (exact) mass is 398 g/mol. The predicted octanol–water partition coefficient (Wildman–Crippen LogP) is 4.82. The summed E-state index contributed by atoms with van der Waals surface area (Å²) in [6.07, 6.45) is 2.29. The highest BCUT2D eigenvalue weighted by molar-refractivity contribution is 8.00. The number of rotatable bonds is 6. The Morgan fingerprint density at radius 3 is 2.81 bits per heavy atom. The van der Waals surface area contributed by atoms with E-state index < -0.39 is 0 Å². The minimum atomic E-state index is -0.0749. The zero-order valence-electron chi connectivity index (χ0n) is 14.7. The molecule has 1 amide bonds. The van der Waals surface area contributed by atoms with Crippen molar-refractivity contribution in [3.05, 3.63) is 70.8 Å². The quantitative estimate of drug-likeness (QED) is 0.559. The molecule has 0 spiro atoms. The normalized spacial score (nSPS) is 16.4. The molecule has 0 fully saturated rings. The summed E-state index contributed by atoms with van der Waals surface area (Å²) >= 11 is 3.14. The predicted molar refractivity (Wildman–Crippen MR) is 107 cm³/mol. The summed E-state index contributed by atoms with van der Waals surface area (Å²) in [6, 6.07) is 15.4. The highest BCUT2D eigenvalue weighted by atomic mass is 32.2. The fraction of sp³-hybridized carbons (Fsp3) is 0.200. The van der Waals surface area contributed by atoms with E-state index in [1.807, 2.05) is 53.9 Å². The highest BCUT2D eigenvalue weighted by Crippen LogP contribution is 2.36. The first-order chi connectivity index (χ1) is 13.2. The molecule has 0 aliphatic carbocycles. The molecule has 1 aromatic carbocycles. The molecule has 5 nitrogen and oxygen atoms in total. The Bertz CT molecular complexity index is 919.